The van der Waals surface area contributed by atoms with Gasteiger partial charge in [0.2, 0.25) is 10.0 Å². The lowest BCUT2D eigenvalue weighted by molar-refractivity contribution is 0.336. The van der Waals surface area contributed by atoms with Gasteiger partial charge >= 0.3 is 0 Å². The molecule has 6 heteroatoms. The third-order valence-corrected chi connectivity index (χ3v) is 4.42. The molecule has 108 valence electrons. The Morgan fingerprint density at radius 2 is 2.05 bits per heavy atom. The number of benzene rings is 1. The number of sulfonamides is 1. The van der Waals surface area contributed by atoms with E-state index in [-0.39, 0.29) is 17.5 Å². The third kappa shape index (κ3) is 4.19. The van der Waals surface area contributed by atoms with E-state index in [0.29, 0.717) is 17.9 Å². The summed E-state index contributed by atoms with van der Waals surface area (Å²) in [4.78, 5) is 0.219. The molecule has 0 bridgehead atoms. The highest BCUT2D eigenvalue weighted by atomic mass is 32.2. The van der Waals surface area contributed by atoms with Crippen LogP contribution in [0.25, 0.3) is 0 Å². The van der Waals surface area contributed by atoms with Crippen LogP contribution in [0.1, 0.15) is 32.8 Å². The van der Waals surface area contributed by atoms with E-state index in [2.05, 4.69) is 4.72 Å². The number of nitrogens with one attached hydrogen (secondary N) is 1. The van der Waals surface area contributed by atoms with Crippen LogP contribution in [0.15, 0.2) is 23.1 Å². The normalized spacial score (nSPS) is 13.3. The van der Waals surface area contributed by atoms with E-state index in [0.717, 1.165) is 6.42 Å². The maximum absolute atomic E-state index is 12.1. The zero-order chi connectivity index (χ0) is 14.5. The fraction of sp³-hybridized carbons (Fsp3) is 0.538. The zero-order valence-electron chi connectivity index (χ0n) is 11.6. The van der Waals surface area contributed by atoms with Gasteiger partial charge in [-0.2, -0.15) is 0 Å². The SMILES string of the molecule is CCOc1ccc(S(=O)(=O)NC(C)CC)cc1CN. The van der Waals surface area contributed by atoms with Gasteiger partial charge in [-0.1, -0.05) is 6.92 Å². The van der Waals surface area contributed by atoms with Gasteiger partial charge in [-0.3, -0.25) is 0 Å². The smallest absolute Gasteiger partial charge is 0.240 e. The second-order valence-electron chi connectivity index (χ2n) is 4.34. The summed E-state index contributed by atoms with van der Waals surface area (Å²) in [5, 5.41) is 0. The first-order valence-corrected chi connectivity index (χ1v) is 7.91. The molecule has 1 aromatic rings. The van der Waals surface area contributed by atoms with Crippen LogP contribution in [-0.2, 0) is 16.6 Å². The molecule has 1 aromatic carbocycles. The molecule has 0 aromatic heterocycles. The van der Waals surface area contributed by atoms with Crippen LogP contribution in [-0.4, -0.2) is 21.1 Å². The van der Waals surface area contributed by atoms with Crippen LogP contribution in [0.5, 0.6) is 5.75 Å². The first kappa shape index (κ1) is 15.9. The molecule has 0 aliphatic rings. The van der Waals surface area contributed by atoms with Gasteiger partial charge in [0, 0.05) is 18.2 Å². The molecule has 0 aliphatic carbocycles. The van der Waals surface area contributed by atoms with Crippen LogP contribution in [0.3, 0.4) is 0 Å². The van der Waals surface area contributed by atoms with Gasteiger partial charge in [0.25, 0.3) is 0 Å². The van der Waals surface area contributed by atoms with Gasteiger partial charge in [0.05, 0.1) is 11.5 Å². The molecule has 1 unspecified atom stereocenters. The largest absolute Gasteiger partial charge is 0.494 e. The Balaban J connectivity index is 3.08. The topological polar surface area (TPSA) is 81.4 Å². The molecule has 19 heavy (non-hydrogen) atoms. The minimum Gasteiger partial charge on any atom is -0.494 e. The van der Waals surface area contributed by atoms with E-state index in [1.54, 1.807) is 12.1 Å². The lowest BCUT2D eigenvalue weighted by Gasteiger charge is -2.14. The minimum atomic E-state index is -3.50. The summed E-state index contributed by atoms with van der Waals surface area (Å²) < 4.78 is 32.3. The summed E-state index contributed by atoms with van der Waals surface area (Å²) in [6, 6.07) is 4.65. The fourth-order valence-corrected chi connectivity index (χ4v) is 2.97. The Morgan fingerprint density at radius 3 is 2.58 bits per heavy atom. The second kappa shape index (κ2) is 6.88. The summed E-state index contributed by atoms with van der Waals surface area (Å²) in [5.74, 6) is 0.632. The van der Waals surface area contributed by atoms with Crippen LogP contribution < -0.4 is 15.2 Å². The standard InChI is InChI=1S/C13H22N2O3S/c1-4-10(3)15-19(16,17)12-6-7-13(18-5-2)11(8-12)9-14/h6-8,10,15H,4-5,9,14H2,1-3H3. The number of hydrogen-bond acceptors (Lipinski definition) is 4. The van der Waals surface area contributed by atoms with Crippen molar-refractivity contribution in [3.05, 3.63) is 23.8 Å². The second-order valence-corrected chi connectivity index (χ2v) is 6.05. The first-order valence-electron chi connectivity index (χ1n) is 6.42. The number of hydrogen-bond donors (Lipinski definition) is 2. The van der Waals surface area contributed by atoms with Gasteiger partial charge in [0.1, 0.15) is 5.75 Å². The number of rotatable bonds is 7. The molecule has 0 aliphatic heterocycles. The molecule has 3 N–H and O–H groups in total. The van der Waals surface area contributed by atoms with E-state index in [9.17, 15) is 8.42 Å². The Bertz CT molecular complexity index is 515. The number of ether oxygens (including phenoxy) is 1. The molecule has 0 heterocycles. The Kier molecular flexibility index (Phi) is 5.78. The fourth-order valence-electron chi connectivity index (χ4n) is 1.60. The van der Waals surface area contributed by atoms with E-state index in [1.807, 2.05) is 20.8 Å². The molecular formula is C13H22N2O3S. The molecule has 0 saturated carbocycles. The summed E-state index contributed by atoms with van der Waals surface area (Å²) in [6.07, 6.45) is 0.736. The van der Waals surface area contributed by atoms with Gasteiger partial charge in [-0.15, -0.1) is 0 Å². The van der Waals surface area contributed by atoms with Crippen LogP contribution in [0, 0.1) is 0 Å². The number of nitrogens with two attached hydrogens (primary N) is 1. The lowest BCUT2D eigenvalue weighted by atomic mass is 10.2. The van der Waals surface area contributed by atoms with Crippen molar-refractivity contribution in [1.29, 1.82) is 0 Å². The van der Waals surface area contributed by atoms with Crippen molar-refractivity contribution in [3.8, 4) is 5.75 Å². The quantitative estimate of drug-likeness (QED) is 0.798. The Morgan fingerprint density at radius 1 is 1.37 bits per heavy atom. The van der Waals surface area contributed by atoms with Crippen LogP contribution in [0.2, 0.25) is 0 Å². The molecular weight excluding hydrogens is 264 g/mol. The van der Waals surface area contributed by atoms with Crippen molar-refractivity contribution in [2.45, 2.75) is 44.7 Å². The van der Waals surface area contributed by atoms with Crippen LogP contribution >= 0.6 is 0 Å². The maximum atomic E-state index is 12.1. The van der Waals surface area contributed by atoms with Gasteiger partial charge in [-0.25, -0.2) is 13.1 Å². The Labute approximate surface area is 115 Å². The van der Waals surface area contributed by atoms with Crippen molar-refractivity contribution in [3.63, 3.8) is 0 Å². The average molecular weight is 286 g/mol. The summed E-state index contributed by atoms with van der Waals surface area (Å²) >= 11 is 0. The molecule has 0 saturated heterocycles. The van der Waals surface area contributed by atoms with E-state index >= 15 is 0 Å². The monoisotopic (exact) mass is 286 g/mol. The summed E-state index contributed by atoms with van der Waals surface area (Å²) in [7, 11) is -3.50. The third-order valence-electron chi connectivity index (χ3n) is 2.83. The zero-order valence-corrected chi connectivity index (χ0v) is 12.5. The molecule has 0 fully saturated rings. The minimum absolute atomic E-state index is 0.0992. The highest BCUT2D eigenvalue weighted by Crippen LogP contribution is 2.22. The molecule has 0 radical (unpaired) electrons. The highest BCUT2D eigenvalue weighted by molar-refractivity contribution is 7.89. The summed E-state index contributed by atoms with van der Waals surface area (Å²) in [5.41, 5.74) is 6.31. The molecule has 0 amide bonds. The van der Waals surface area contributed by atoms with E-state index < -0.39 is 10.0 Å². The molecule has 5 nitrogen and oxygen atoms in total. The predicted octanol–water partition coefficient (Wildman–Crippen LogP) is 1.62. The van der Waals surface area contributed by atoms with Crippen molar-refractivity contribution in [2.75, 3.05) is 6.61 Å². The maximum Gasteiger partial charge on any atom is 0.240 e. The predicted molar refractivity (Wildman–Crippen MR) is 75.6 cm³/mol. The van der Waals surface area contributed by atoms with Crippen LogP contribution in [0.4, 0.5) is 0 Å². The Hall–Kier alpha value is -1.11. The van der Waals surface area contributed by atoms with Crippen molar-refractivity contribution in [1.82, 2.24) is 4.72 Å². The molecule has 0 spiro atoms. The first-order chi connectivity index (χ1) is 8.94. The lowest BCUT2D eigenvalue weighted by Crippen LogP contribution is -2.32. The van der Waals surface area contributed by atoms with Gasteiger partial charge in [0.15, 0.2) is 0 Å². The highest BCUT2D eigenvalue weighted by Gasteiger charge is 2.18. The van der Waals surface area contributed by atoms with E-state index in [4.69, 9.17) is 10.5 Å². The average Bonchev–Trinajstić information content (AvgIpc) is 2.38. The molecule has 1 atom stereocenters. The molecule has 1 rings (SSSR count). The van der Waals surface area contributed by atoms with Crippen molar-refractivity contribution < 1.29 is 13.2 Å². The van der Waals surface area contributed by atoms with Gasteiger partial charge < -0.3 is 10.5 Å². The van der Waals surface area contributed by atoms with E-state index in [1.165, 1.54) is 6.07 Å². The summed E-state index contributed by atoms with van der Waals surface area (Å²) in [6.45, 7) is 6.38. The van der Waals surface area contributed by atoms with Crippen molar-refractivity contribution >= 4 is 10.0 Å². The van der Waals surface area contributed by atoms with Gasteiger partial charge in [-0.05, 0) is 38.5 Å². The van der Waals surface area contributed by atoms with Crippen molar-refractivity contribution in [2.24, 2.45) is 5.73 Å².